The summed E-state index contributed by atoms with van der Waals surface area (Å²) in [4.78, 5) is 22.4. The fourth-order valence-electron chi connectivity index (χ4n) is 1.98. The van der Waals surface area contributed by atoms with Crippen LogP contribution < -0.4 is 0 Å². The van der Waals surface area contributed by atoms with E-state index in [0.29, 0.717) is 12.8 Å². The molecule has 0 radical (unpaired) electrons. The van der Waals surface area contributed by atoms with Gasteiger partial charge in [-0.05, 0) is 19.3 Å². The molecule has 0 saturated heterocycles. The molecule has 86 valence electrons. The van der Waals surface area contributed by atoms with E-state index in [9.17, 15) is 14.7 Å². The van der Waals surface area contributed by atoms with Crippen molar-refractivity contribution in [2.75, 3.05) is 13.1 Å². The Labute approximate surface area is 87.1 Å². The number of aliphatic hydroxyl groups is 1. The first-order chi connectivity index (χ1) is 7.00. The third-order valence-electron chi connectivity index (χ3n) is 2.59. The van der Waals surface area contributed by atoms with Gasteiger partial charge >= 0.3 is 11.9 Å². The molecular weight excluding hydrogens is 202 g/mol. The van der Waals surface area contributed by atoms with Crippen molar-refractivity contribution in [3.63, 3.8) is 0 Å². The van der Waals surface area contributed by atoms with Gasteiger partial charge in [-0.1, -0.05) is 0 Å². The molecule has 15 heavy (non-hydrogen) atoms. The molecule has 3 N–H and O–H groups in total. The van der Waals surface area contributed by atoms with Crippen molar-refractivity contribution >= 4 is 11.9 Å². The van der Waals surface area contributed by atoms with Gasteiger partial charge in [0.2, 0.25) is 0 Å². The van der Waals surface area contributed by atoms with Crippen LogP contribution in [0.5, 0.6) is 0 Å². The second kappa shape index (κ2) is 5.09. The number of rotatable bonds is 5. The number of hydrogen-bond donors (Lipinski definition) is 3. The normalized spacial score (nSPS) is 25.7. The van der Waals surface area contributed by atoms with Crippen LogP contribution in [0, 0.1) is 0 Å². The number of carboxylic acid groups (broad SMARTS) is 2. The molecule has 0 heterocycles. The van der Waals surface area contributed by atoms with E-state index < -0.39 is 18.0 Å². The Bertz CT molecular complexity index is 239. The fourth-order valence-corrected chi connectivity index (χ4v) is 1.98. The summed E-state index contributed by atoms with van der Waals surface area (Å²) < 4.78 is 0. The molecule has 1 aliphatic rings. The molecule has 2 unspecified atom stereocenters. The smallest absolute Gasteiger partial charge is 0.317 e. The molecule has 0 aliphatic heterocycles. The first kappa shape index (κ1) is 11.9. The van der Waals surface area contributed by atoms with Gasteiger partial charge in [0.25, 0.3) is 0 Å². The average molecular weight is 217 g/mol. The third kappa shape index (κ3) is 3.49. The molecule has 0 spiro atoms. The first-order valence-electron chi connectivity index (χ1n) is 4.86. The Hall–Kier alpha value is -1.14. The molecule has 0 aromatic carbocycles. The van der Waals surface area contributed by atoms with Crippen molar-refractivity contribution in [2.24, 2.45) is 0 Å². The zero-order valence-corrected chi connectivity index (χ0v) is 8.30. The summed E-state index contributed by atoms with van der Waals surface area (Å²) in [5, 5.41) is 26.8. The minimum atomic E-state index is -1.07. The number of carbonyl (C=O) groups is 2. The van der Waals surface area contributed by atoms with E-state index in [2.05, 4.69) is 0 Å². The molecule has 0 aromatic heterocycles. The van der Waals surface area contributed by atoms with Crippen LogP contribution in [0.1, 0.15) is 19.3 Å². The average Bonchev–Trinajstić information content (AvgIpc) is 2.48. The van der Waals surface area contributed by atoms with E-state index in [1.54, 1.807) is 0 Å². The summed E-state index contributed by atoms with van der Waals surface area (Å²) in [5.41, 5.74) is 0. The molecular formula is C9H15NO5. The van der Waals surface area contributed by atoms with Gasteiger partial charge < -0.3 is 15.3 Å². The number of hydrogen-bond acceptors (Lipinski definition) is 4. The van der Waals surface area contributed by atoms with E-state index in [4.69, 9.17) is 10.2 Å². The van der Waals surface area contributed by atoms with Crippen molar-refractivity contribution in [1.82, 2.24) is 4.90 Å². The highest BCUT2D eigenvalue weighted by Gasteiger charge is 2.32. The van der Waals surface area contributed by atoms with E-state index in [-0.39, 0.29) is 19.1 Å². The van der Waals surface area contributed by atoms with E-state index >= 15 is 0 Å². The third-order valence-corrected chi connectivity index (χ3v) is 2.59. The lowest BCUT2D eigenvalue weighted by Crippen LogP contribution is -2.45. The highest BCUT2D eigenvalue weighted by Crippen LogP contribution is 2.23. The predicted octanol–water partition coefficient (Wildman–Crippen LogP) is -0.629. The summed E-state index contributed by atoms with van der Waals surface area (Å²) in [6, 6.07) is -0.336. The number of carboxylic acids is 2. The summed E-state index contributed by atoms with van der Waals surface area (Å²) in [6.07, 6.45) is 1.47. The second-order valence-corrected chi connectivity index (χ2v) is 3.76. The minimum Gasteiger partial charge on any atom is -0.480 e. The topological polar surface area (TPSA) is 98.1 Å². The monoisotopic (exact) mass is 217 g/mol. The van der Waals surface area contributed by atoms with Gasteiger partial charge in [-0.3, -0.25) is 14.5 Å². The largest absolute Gasteiger partial charge is 0.480 e. The maximum absolute atomic E-state index is 10.5. The molecule has 6 heteroatoms. The Kier molecular flexibility index (Phi) is 4.05. The van der Waals surface area contributed by atoms with Gasteiger partial charge in [0.05, 0.1) is 19.2 Å². The Morgan fingerprint density at radius 2 is 1.67 bits per heavy atom. The summed E-state index contributed by atoms with van der Waals surface area (Å²) in [7, 11) is 0. The van der Waals surface area contributed by atoms with Crippen LogP contribution in [0.3, 0.4) is 0 Å². The van der Waals surface area contributed by atoms with E-state index in [0.717, 1.165) is 6.42 Å². The summed E-state index contributed by atoms with van der Waals surface area (Å²) in [6.45, 7) is -0.679. The molecule has 1 aliphatic carbocycles. The zero-order valence-electron chi connectivity index (χ0n) is 8.30. The van der Waals surface area contributed by atoms with Crippen LogP contribution in [0.2, 0.25) is 0 Å². The highest BCUT2D eigenvalue weighted by molar-refractivity contribution is 5.72. The Balaban J connectivity index is 2.61. The quantitative estimate of drug-likeness (QED) is 0.567. The number of aliphatic carboxylic acids is 2. The van der Waals surface area contributed by atoms with Crippen molar-refractivity contribution < 1.29 is 24.9 Å². The second-order valence-electron chi connectivity index (χ2n) is 3.76. The van der Waals surface area contributed by atoms with Crippen LogP contribution in [-0.2, 0) is 9.59 Å². The van der Waals surface area contributed by atoms with Gasteiger partial charge in [0, 0.05) is 6.04 Å². The van der Waals surface area contributed by atoms with Crippen LogP contribution in [0.4, 0.5) is 0 Å². The highest BCUT2D eigenvalue weighted by atomic mass is 16.4. The molecule has 6 nitrogen and oxygen atoms in total. The number of nitrogens with zero attached hydrogens (tertiary/aromatic N) is 1. The van der Waals surface area contributed by atoms with E-state index in [1.807, 2.05) is 0 Å². The van der Waals surface area contributed by atoms with Crippen LogP contribution in [0.15, 0.2) is 0 Å². The molecule has 0 aromatic rings. The Morgan fingerprint density at radius 1 is 1.13 bits per heavy atom. The zero-order chi connectivity index (χ0) is 11.4. The van der Waals surface area contributed by atoms with Crippen LogP contribution in [0.25, 0.3) is 0 Å². The molecule has 2 atom stereocenters. The van der Waals surface area contributed by atoms with Gasteiger partial charge in [-0.25, -0.2) is 0 Å². The predicted molar refractivity (Wildman–Crippen MR) is 50.5 cm³/mol. The van der Waals surface area contributed by atoms with Crippen molar-refractivity contribution in [2.45, 2.75) is 31.4 Å². The standard InChI is InChI=1S/C9H15NO5/c11-7-3-1-2-6(7)10(4-8(12)13)5-9(14)15/h6-7,11H,1-5H2,(H,12,13)(H,14,15). The van der Waals surface area contributed by atoms with E-state index in [1.165, 1.54) is 4.90 Å². The number of aliphatic hydroxyl groups excluding tert-OH is 1. The van der Waals surface area contributed by atoms with Crippen molar-refractivity contribution in [3.8, 4) is 0 Å². The maximum Gasteiger partial charge on any atom is 0.317 e. The lowest BCUT2D eigenvalue weighted by Gasteiger charge is -2.27. The first-order valence-corrected chi connectivity index (χ1v) is 4.86. The molecule has 1 rings (SSSR count). The SMILES string of the molecule is O=C(O)CN(CC(=O)O)C1CCCC1O. The van der Waals surface area contributed by atoms with Gasteiger partial charge in [-0.2, -0.15) is 0 Å². The van der Waals surface area contributed by atoms with Crippen LogP contribution >= 0.6 is 0 Å². The van der Waals surface area contributed by atoms with Gasteiger partial charge in [-0.15, -0.1) is 0 Å². The van der Waals surface area contributed by atoms with Gasteiger partial charge in [0.15, 0.2) is 0 Å². The van der Waals surface area contributed by atoms with Crippen molar-refractivity contribution in [3.05, 3.63) is 0 Å². The van der Waals surface area contributed by atoms with Crippen molar-refractivity contribution in [1.29, 1.82) is 0 Å². The summed E-state index contributed by atoms with van der Waals surface area (Å²) in [5.74, 6) is -2.15. The summed E-state index contributed by atoms with van der Waals surface area (Å²) >= 11 is 0. The molecule has 0 bridgehead atoms. The lowest BCUT2D eigenvalue weighted by atomic mass is 10.2. The molecule has 1 fully saturated rings. The molecule has 1 saturated carbocycles. The minimum absolute atomic E-state index is 0.336. The fraction of sp³-hybridized carbons (Fsp3) is 0.778. The Morgan fingerprint density at radius 3 is 2.00 bits per heavy atom. The maximum atomic E-state index is 10.5. The van der Waals surface area contributed by atoms with Crippen LogP contribution in [-0.4, -0.2) is 57.4 Å². The lowest BCUT2D eigenvalue weighted by molar-refractivity contribution is -0.143. The van der Waals surface area contributed by atoms with Gasteiger partial charge in [0.1, 0.15) is 0 Å². The molecule has 0 amide bonds.